The first kappa shape index (κ1) is 14.2. The van der Waals surface area contributed by atoms with Gasteiger partial charge in [-0.2, -0.15) is 0 Å². The van der Waals surface area contributed by atoms with Crippen molar-refractivity contribution < 1.29 is 0 Å². The minimum atomic E-state index is -0.232. The van der Waals surface area contributed by atoms with Crippen LogP contribution in [0.3, 0.4) is 0 Å². The van der Waals surface area contributed by atoms with E-state index in [1.165, 1.54) is 0 Å². The van der Waals surface area contributed by atoms with Crippen LogP contribution >= 0.6 is 11.3 Å². The molecule has 1 unspecified atom stereocenters. The molecule has 2 N–H and O–H groups in total. The Kier molecular flexibility index (Phi) is 3.51. The van der Waals surface area contributed by atoms with Crippen molar-refractivity contribution in [1.82, 2.24) is 9.97 Å². The van der Waals surface area contributed by atoms with Gasteiger partial charge in [0.25, 0.3) is 0 Å². The van der Waals surface area contributed by atoms with Gasteiger partial charge in [-0.05, 0) is 5.39 Å². The molecule has 0 saturated heterocycles. The van der Waals surface area contributed by atoms with Gasteiger partial charge in [-0.3, -0.25) is 4.98 Å². The van der Waals surface area contributed by atoms with Gasteiger partial charge in [0.1, 0.15) is 5.01 Å². The molecule has 0 spiro atoms. The van der Waals surface area contributed by atoms with Crippen LogP contribution in [0.5, 0.6) is 0 Å². The molecule has 3 nitrogen and oxygen atoms in total. The zero-order chi connectivity index (χ0) is 15.0. The molecule has 21 heavy (non-hydrogen) atoms. The first-order valence-electron chi connectivity index (χ1n) is 7.01. The fourth-order valence-corrected chi connectivity index (χ4v) is 3.36. The predicted octanol–water partition coefficient (Wildman–Crippen LogP) is 4.04. The van der Waals surface area contributed by atoms with Crippen LogP contribution in [0.25, 0.3) is 10.8 Å². The van der Waals surface area contributed by atoms with E-state index in [0.29, 0.717) is 0 Å². The van der Waals surface area contributed by atoms with E-state index in [-0.39, 0.29) is 11.5 Å². The number of aromatic nitrogens is 2. The van der Waals surface area contributed by atoms with Crippen LogP contribution in [0.2, 0.25) is 0 Å². The molecule has 0 amide bonds. The normalized spacial score (nSPS) is 13.5. The second-order valence-electron chi connectivity index (χ2n) is 6.25. The number of thiazole rings is 1. The van der Waals surface area contributed by atoms with Crippen LogP contribution in [-0.2, 0) is 5.41 Å². The van der Waals surface area contributed by atoms with Gasteiger partial charge in [-0.15, -0.1) is 11.3 Å². The lowest BCUT2D eigenvalue weighted by Gasteiger charge is -2.15. The van der Waals surface area contributed by atoms with Crippen LogP contribution < -0.4 is 5.73 Å². The van der Waals surface area contributed by atoms with E-state index in [1.807, 2.05) is 24.5 Å². The van der Waals surface area contributed by atoms with E-state index in [1.54, 1.807) is 11.3 Å². The fraction of sp³-hybridized carbons (Fsp3) is 0.294. The largest absolute Gasteiger partial charge is 0.318 e. The lowest BCUT2D eigenvalue weighted by atomic mass is 9.93. The Hall–Kier alpha value is -1.78. The zero-order valence-electron chi connectivity index (χ0n) is 12.5. The summed E-state index contributed by atoms with van der Waals surface area (Å²) < 4.78 is 0. The number of benzene rings is 1. The summed E-state index contributed by atoms with van der Waals surface area (Å²) >= 11 is 1.62. The Morgan fingerprint density at radius 1 is 1.14 bits per heavy atom. The predicted molar refractivity (Wildman–Crippen MR) is 88.6 cm³/mol. The Labute approximate surface area is 128 Å². The first-order valence-corrected chi connectivity index (χ1v) is 7.89. The second-order valence-corrected chi connectivity index (χ2v) is 7.14. The molecule has 4 heteroatoms. The quantitative estimate of drug-likeness (QED) is 0.776. The Balaban J connectivity index is 2.05. The van der Waals surface area contributed by atoms with Gasteiger partial charge in [-0.25, -0.2) is 4.98 Å². The van der Waals surface area contributed by atoms with E-state index in [4.69, 9.17) is 10.7 Å². The molecule has 0 fully saturated rings. The topological polar surface area (TPSA) is 51.8 Å². The van der Waals surface area contributed by atoms with Crippen molar-refractivity contribution in [1.29, 1.82) is 0 Å². The molecular weight excluding hydrogens is 278 g/mol. The summed E-state index contributed by atoms with van der Waals surface area (Å²) in [4.78, 5) is 9.04. The maximum atomic E-state index is 6.45. The summed E-state index contributed by atoms with van der Waals surface area (Å²) in [5, 5.41) is 5.30. The van der Waals surface area contributed by atoms with Gasteiger partial charge in [0.2, 0.25) is 0 Å². The summed E-state index contributed by atoms with van der Waals surface area (Å²) in [6.07, 6.45) is 3.72. The molecule has 0 radical (unpaired) electrons. The maximum Gasteiger partial charge on any atom is 0.114 e. The number of hydrogen-bond donors (Lipinski definition) is 1. The highest BCUT2D eigenvalue weighted by molar-refractivity contribution is 7.09. The SMILES string of the molecule is CC(C)(C)c1csc(C(N)c2cncc3ccccc23)n1. The Morgan fingerprint density at radius 2 is 1.90 bits per heavy atom. The first-order chi connectivity index (χ1) is 9.97. The van der Waals surface area contributed by atoms with Crippen molar-refractivity contribution in [3.63, 3.8) is 0 Å². The van der Waals surface area contributed by atoms with E-state index in [0.717, 1.165) is 27.0 Å². The van der Waals surface area contributed by atoms with Crippen molar-refractivity contribution in [3.8, 4) is 0 Å². The van der Waals surface area contributed by atoms with Gasteiger partial charge >= 0.3 is 0 Å². The summed E-state index contributed by atoms with van der Waals surface area (Å²) in [7, 11) is 0. The van der Waals surface area contributed by atoms with Crippen LogP contribution in [0.4, 0.5) is 0 Å². The number of pyridine rings is 1. The van der Waals surface area contributed by atoms with Crippen molar-refractivity contribution in [3.05, 3.63) is 58.3 Å². The second kappa shape index (κ2) is 5.20. The third kappa shape index (κ3) is 2.69. The zero-order valence-corrected chi connectivity index (χ0v) is 13.3. The molecule has 2 heterocycles. The average Bonchev–Trinajstić information content (AvgIpc) is 2.96. The standard InChI is InChI=1S/C17H19N3S/c1-17(2,3)14-10-21-16(20-14)15(18)13-9-19-8-11-6-4-5-7-12(11)13/h4-10,15H,18H2,1-3H3. The summed E-state index contributed by atoms with van der Waals surface area (Å²) in [6.45, 7) is 6.49. The van der Waals surface area contributed by atoms with Crippen LogP contribution in [-0.4, -0.2) is 9.97 Å². The minimum absolute atomic E-state index is 0.0471. The third-order valence-electron chi connectivity index (χ3n) is 3.59. The number of hydrogen-bond acceptors (Lipinski definition) is 4. The van der Waals surface area contributed by atoms with E-state index < -0.39 is 0 Å². The Morgan fingerprint density at radius 3 is 2.62 bits per heavy atom. The number of fused-ring (bicyclic) bond motifs is 1. The van der Waals surface area contributed by atoms with Crippen molar-refractivity contribution >= 4 is 22.1 Å². The van der Waals surface area contributed by atoms with Crippen molar-refractivity contribution in [2.75, 3.05) is 0 Å². The molecule has 2 aromatic heterocycles. The molecule has 108 valence electrons. The average molecular weight is 297 g/mol. The smallest absolute Gasteiger partial charge is 0.114 e. The third-order valence-corrected chi connectivity index (χ3v) is 4.52. The molecule has 3 rings (SSSR count). The molecule has 0 bridgehead atoms. The lowest BCUT2D eigenvalue weighted by Crippen LogP contribution is -2.15. The molecule has 0 aliphatic carbocycles. The summed E-state index contributed by atoms with van der Waals surface area (Å²) in [5.74, 6) is 0. The minimum Gasteiger partial charge on any atom is -0.318 e. The lowest BCUT2D eigenvalue weighted by molar-refractivity contribution is 0.569. The molecule has 1 atom stereocenters. The maximum absolute atomic E-state index is 6.45. The number of nitrogens with two attached hydrogens (primary N) is 1. The van der Waals surface area contributed by atoms with Crippen molar-refractivity contribution in [2.24, 2.45) is 5.73 Å². The number of rotatable bonds is 2. The number of nitrogens with zero attached hydrogens (tertiary/aromatic N) is 2. The highest BCUT2D eigenvalue weighted by Gasteiger charge is 2.21. The van der Waals surface area contributed by atoms with Gasteiger partial charge < -0.3 is 5.73 Å². The summed E-state index contributed by atoms with van der Waals surface area (Å²) in [5.41, 5.74) is 8.61. The molecular formula is C17H19N3S. The van der Waals surface area contributed by atoms with E-state index in [2.05, 4.69) is 43.3 Å². The highest BCUT2D eigenvalue weighted by Crippen LogP contribution is 2.31. The monoisotopic (exact) mass is 297 g/mol. The van der Waals surface area contributed by atoms with Gasteiger partial charge in [0, 0.05) is 34.1 Å². The van der Waals surface area contributed by atoms with Crippen LogP contribution in [0.1, 0.15) is 43.1 Å². The van der Waals surface area contributed by atoms with Crippen LogP contribution in [0, 0.1) is 0 Å². The fourth-order valence-electron chi connectivity index (χ4n) is 2.30. The van der Waals surface area contributed by atoms with Gasteiger partial charge in [0.15, 0.2) is 0 Å². The molecule has 1 aromatic carbocycles. The molecule has 0 saturated carbocycles. The highest BCUT2D eigenvalue weighted by atomic mass is 32.1. The van der Waals surface area contributed by atoms with Crippen molar-refractivity contribution in [2.45, 2.75) is 32.2 Å². The summed E-state index contributed by atoms with van der Waals surface area (Å²) in [6, 6.07) is 7.96. The van der Waals surface area contributed by atoms with E-state index >= 15 is 0 Å². The van der Waals surface area contributed by atoms with Gasteiger partial charge in [-0.1, -0.05) is 45.0 Å². The molecule has 3 aromatic rings. The molecule has 0 aliphatic rings. The van der Waals surface area contributed by atoms with E-state index in [9.17, 15) is 0 Å². The Bertz CT molecular complexity index is 766. The van der Waals surface area contributed by atoms with Gasteiger partial charge in [0.05, 0.1) is 11.7 Å². The van der Waals surface area contributed by atoms with Crippen LogP contribution in [0.15, 0.2) is 42.0 Å². The molecule has 0 aliphatic heterocycles.